The normalized spacial score (nSPS) is 24.0. The Labute approximate surface area is 204 Å². The second kappa shape index (κ2) is 10.7. The van der Waals surface area contributed by atoms with Crippen LogP contribution in [0.25, 0.3) is 0 Å². The van der Waals surface area contributed by atoms with Crippen molar-refractivity contribution in [3.05, 3.63) is 64.2 Å². The highest BCUT2D eigenvalue weighted by molar-refractivity contribution is 5.47. The third kappa shape index (κ3) is 5.97. The molecule has 0 radical (unpaired) electrons. The van der Waals surface area contributed by atoms with Crippen molar-refractivity contribution < 1.29 is 40.2 Å². The predicted octanol–water partition coefficient (Wildman–Crippen LogP) is 7.63. The fourth-order valence-electron chi connectivity index (χ4n) is 5.45. The van der Waals surface area contributed by atoms with Crippen LogP contribution in [0.5, 0.6) is 5.75 Å². The van der Waals surface area contributed by atoms with Crippen molar-refractivity contribution >= 4 is 0 Å². The van der Waals surface area contributed by atoms with Crippen molar-refractivity contribution in [2.75, 3.05) is 6.61 Å². The molecule has 194 valence electrons. The molecule has 0 saturated heterocycles. The Morgan fingerprint density at radius 3 is 2.19 bits per heavy atom. The quantitative estimate of drug-likeness (QED) is 0.309. The highest BCUT2D eigenvalue weighted by Crippen LogP contribution is 2.47. The van der Waals surface area contributed by atoms with Crippen molar-refractivity contribution in [3.8, 4) is 17.6 Å². The molecule has 0 N–H and O–H groups in total. The van der Waals surface area contributed by atoms with Gasteiger partial charge in [-0.05, 0) is 93.0 Å². The van der Waals surface area contributed by atoms with E-state index in [1.54, 1.807) is 0 Å². The average Bonchev–Trinajstić information content (AvgIpc) is 2.81. The van der Waals surface area contributed by atoms with Gasteiger partial charge in [0.05, 0.1) is 17.2 Å². The fraction of sp³-hybridized carbons (Fsp3) is 0.481. The summed E-state index contributed by atoms with van der Waals surface area (Å²) in [5, 5.41) is 0. The van der Waals surface area contributed by atoms with Gasteiger partial charge < -0.3 is 9.47 Å². The van der Waals surface area contributed by atoms with Crippen LogP contribution < -0.4 is 4.74 Å². The van der Waals surface area contributed by atoms with Gasteiger partial charge >= 0.3 is 6.36 Å². The van der Waals surface area contributed by atoms with Gasteiger partial charge in [-0.1, -0.05) is 11.8 Å². The van der Waals surface area contributed by atoms with Crippen molar-refractivity contribution in [2.24, 2.45) is 11.8 Å². The van der Waals surface area contributed by atoms with Gasteiger partial charge in [0.1, 0.15) is 11.6 Å². The summed E-state index contributed by atoms with van der Waals surface area (Å²) >= 11 is 0. The van der Waals surface area contributed by atoms with E-state index in [2.05, 4.69) is 16.6 Å². The molecule has 0 aromatic heterocycles. The van der Waals surface area contributed by atoms with E-state index in [-0.39, 0.29) is 12.0 Å². The highest BCUT2D eigenvalue weighted by atomic mass is 19.4. The molecule has 9 heteroatoms. The lowest BCUT2D eigenvalue weighted by atomic mass is 9.65. The average molecular weight is 514 g/mol. The summed E-state index contributed by atoms with van der Waals surface area (Å²) in [5.74, 6) is -1.57. The molecule has 4 atom stereocenters. The van der Waals surface area contributed by atoms with E-state index in [0.717, 1.165) is 44.6 Å². The monoisotopic (exact) mass is 514 g/mol. The molecule has 36 heavy (non-hydrogen) atoms. The first-order valence-corrected chi connectivity index (χ1v) is 11.9. The van der Waals surface area contributed by atoms with E-state index in [0.29, 0.717) is 30.1 Å². The molecule has 2 aliphatic rings. The molecular formula is C27H25F7O2. The second-order valence-electron chi connectivity index (χ2n) is 9.32. The zero-order chi connectivity index (χ0) is 26.0. The SMILES string of the molecule is CCOC1CCC2CC(c3cc(F)c(C#Cc4ccc(OC(F)(F)F)c(F)c4F)c(F)c3)CCC2C1. The van der Waals surface area contributed by atoms with Crippen LogP contribution in [0.4, 0.5) is 30.7 Å². The molecule has 4 rings (SSSR count). The van der Waals surface area contributed by atoms with E-state index < -0.39 is 46.5 Å². The van der Waals surface area contributed by atoms with E-state index in [4.69, 9.17) is 4.74 Å². The number of hydrogen-bond donors (Lipinski definition) is 0. The summed E-state index contributed by atoms with van der Waals surface area (Å²) in [6.45, 7) is 2.68. The molecule has 0 aliphatic heterocycles. The molecule has 2 fully saturated rings. The molecule has 0 bridgehead atoms. The van der Waals surface area contributed by atoms with Gasteiger partial charge in [-0.15, -0.1) is 13.2 Å². The maximum atomic E-state index is 14.8. The minimum absolute atomic E-state index is 0.00798. The molecule has 0 spiro atoms. The molecule has 2 aromatic rings. The summed E-state index contributed by atoms with van der Waals surface area (Å²) in [7, 11) is 0. The number of rotatable bonds is 4. The molecule has 2 aliphatic carbocycles. The molecule has 2 saturated carbocycles. The zero-order valence-corrected chi connectivity index (χ0v) is 19.5. The van der Waals surface area contributed by atoms with Gasteiger partial charge in [0.2, 0.25) is 5.82 Å². The Balaban J connectivity index is 1.49. The Bertz CT molecular complexity index is 1140. The lowest BCUT2D eigenvalue weighted by Gasteiger charge is -2.42. The van der Waals surface area contributed by atoms with Crippen LogP contribution in [-0.4, -0.2) is 19.1 Å². The lowest BCUT2D eigenvalue weighted by Crippen LogP contribution is -2.33. The molecule has 0 amide bonds. The van der Waals surface area contributed by atoms with Crippen molar-refractivity contribution in [2.45, 2.75) is 63.8 Å². The van der Waals surface area contributed by atoms with Crippen LogP contribution in [0.1, 0.15) is 68.1 Å². The number of alkyl halides is 3. The topological polar surface area (TPSA) is 18.5 Å². The van der Waals surface area contributed by atoms with E-state index >= 15 is 0 Å². The maximum Gasteiger partial charge on any atom is 0.573 e. The number of fused-ring (bicyclic) bond motifs is 1. The standard InChI is InChI=1S/C27H25F7O2/c1-2-35-20-8-5-16-11-17(3-4-18(16)12-20)19-13-22(28)21(23(29)14-19)9-6-15-7-10-24(26(31)25(15)30)36-27(32,33)34/h7,10,13-14,16-18,20H,2-5,8,11-12H2,1H3. The van der Waals surface area contributed by atoms with Gasteiger partial charge in [-0.25, -0.2) is 13.2 Å². The zero-order valence-electron chi connectivity index (χ0n) is 19.5. The van der Waals surface area contributed by atoms with Gasteiger partial charge in [-0.2, -0.15) is 4.39 Å². The largest absolute Gasteiger partial charge is 0.573 e. The molecule has 4 unspecified atom stereocenters. The van der Waals surface area contributed by atoms with Crippen molar-refractivity contribution in [1.29, 1.82) is 0 Å². The summed E-state index contributed by atoms with van der Waals surface area (Å²) < 4.78 is 104. The second-order valence-corrected chi connectivity index (χ2v) is 9.32. The summed E-state index contributed by atoms with van der Waals surface area (Å²) in [6, 6.07) is 3.74. The summed E-state index contributed by atoms with van der Waals surface area (Å²) in [6.07, 6.45) is 0.703. The summed E-state index contributed by atoms with van der Waals surface area (Å²) in [4.78, 5) is 0. The first kappa shape index (κ1) is 26.3. The Morgan fingerprint density at radius 1 is 0.861 bits per heavy atom. The van der Waals surface area contributed by atoms with Crippen LogP contribution >= 0.6 is 0 Å². The third-order valence-corrected chi connectivity index (χ3v) is 7.10. The number of hydrogen-bond acceptors (Lipinski definition) is 2. The Morgan fingerprint density at radius 2 is 1.53 bits per heavy atom. The smallest absolute Gasteiger partial charge is 0.403 e. The van der Waals surface area contributed by atoms with Crippen LogP contribution in [0.15, 0.2) is 24.3 Å². The Kier molecular flexibility index (Phi) is 7.84. The van der Waals surface area contributed by atoms with Crippen LogP contribution in [0, 0.1) is 46.9 Å². The van der Waals surface area contributed by atoms with Crippen molar-refractivity contribution in [3.63, 3.8) is 0 Å². The van der Waals surface area contributed by atoms with Crippen LogP contribution in [-0.2, 0) is 4.74 Å². The number of benzene rings is 2. The van der Waals surface area contributed by atoms with Gasteiger partial charge in [-0.3, -0.25) is 0 Å². The Hall–Kier alpha value is -2.73. The van der Waals surface area contributed by atoms with Crippen LogP contribution in [0.3, 0.4) is 0 Å². The van der Waals surface area contributed by atoms with Gasteiger partial charge in [0.15, 0.2) is 11.6 Å². The fourth-order valence-corrected chi connectivity index (χ4v) is 5.45. The van der Waals surface area contributed by atoms with Crippen molar-refractivity contribution in [1.82, 2.24) is 0 Å². The first-order valence-electron chi connectivity index (χ1n) is 11.9. The predicted molar refractivity (Wildman–Crippen MR) is 118 cm³/mol. The molecule has 2 nitrogen and oxygen atoms in total. The summed E-state index contributed by atoms with van der Waals surface area (Å²) in [5.41, 5.74) is -0.752. The third-order valence-electron chi connectivity index (χ3n) is 7.10. The molecule has 2 aromatic carbocycles. The lowest BCUT2D eigenvalue weighted by molar-refractivity contribution is -0.275. The van der Waals surface area contributed by atoms with E-state index in [1.807, 2.05) is 6.92 Å². The van der Waals surface area contributed by atoms with Gasteiger partial charge in [0, 0.05) is 6.61 Å². The first-order chi connectivity index (χ1) is 17.1. The minimum atomic E-state index is -5.21. The maximum absolute atomic E-state index is 14.8. The molecule has 0 heterocycles. The van der Waals surface area contributed by atoms with Gasteiger partial charge in [0.25, 0.3) is 0 Å². The minimum Gasteiger partial charge on any atom is -0.403 e. The molecular weight excluding hydrogens is 489 g/mol. The highest BCUT2D eigenvalue weighted by Gasteiger charge is 2.37. The number of ether oxygens (including phenoxy) is 2. The van der Waals surface area contributed by atoms with E-state index in [1.165, 1.54) is 12.1 Å². The van der Waals surface area contributed by atoms with E-state index in [9.17, 15) is 30.7 Å². The number of halogens is 7. The van der Waals surface area contributed by atoms with Crippen LogP contribution in [0.2, 0.25) is 0 Å².